The molecule has 0 atom stereocenters. The minimum Gasteiger partial charge on any atom is -0.507 e. The maximum absolute atomic E-state index is 13.3. The number of benzene rings is 2. The first-order valence-electron chi connectivity index (χ1n) is 10.5. The summed E-state index contributed by atoms with van der Waals surface area (Å²) in [6, 6.07) is 13.4. The molecule has 0 aliphatic heterocycles. The van der Waals surface area contributed by atoms with Crippen molar-refractivity contribution < 1.29 is 14.3 Å². The monoisotopic (exact) mass is 402 g/mol. The SMILES string of the molecule is CCC1=C(O)c2c(oc(-c3ccc(C)c4ccccc34)cc2=O)C(CC)(CC)C1=O. The largest absolute Gasteiger partial charge is 0.507 e. The second kappa shape index (κ2) is 7.28. The minimum absolute atomic E-state index is 0.135. The van der Waals surface area contributed by atoms with Gasteiger partial charge >= 0.3 is 0 Å². The van der Waals surface area contributed by atoms with E-state index in [4.69, 9.17) is 4.42 Å². The molecule has 1 heterocycles. The Labute approximate surface area is 175 Å². The van der Waals surface area contributed by atoms with Gasteiger partial charge in [0.1, 0.15) is 22.8 Å². The Kier molecular flexibility index (Phi) is 4.89. The number of ketones is 1. The fourth-order valence-corrected chi connectivity index (χ4v) is 4.72. The second-order valence-electron chi connectivity index (χ2n) is 7.95. The lowest BCUT2D eigenvalue weighted by Gasteiger charge is -2.35. The molecule has 1 aliphatic rings. The smallest absolute Gasteiger partial charge is 0.196 e. The predicted molar refractivity (Wildman–Crippen MR) is 120 cm³/mol. The van der Waals surface area contributed by atoms with Crippen LogP contribution in [0.1, 0.15) is 56.9 Å². The number of hydrogen-bond acceptors (Lipinski definition) is 4. The maximum Gasteiger partial charge on any atom is 0.196 e. The van der Waals surface area contributed by atoms with Crippen molar-refractivity contribution in [2.45, 2.75) is 52.4 Å². The van der Waals surface area contributed by atoms with E-state index >= 15 is 0 Å². The van der Waals surface area contributed by atoms with E-state index in [-0.39, 0.29) is 22.5 Å². The molecule has 4 nitrogen and oxygen atoms in total. The third-order valence-electron chi connectivity index (χ3n) is 6.58. The third kappa shape index (κ3) is 2.67. The summed E-state index contributed by atoms with van der Waals surface area (Å²) in [6.07, 6.45) is 1.36. The maximum atomic E-state index is 13.3. The number of carbonyl (C=O) groups is 1. The van der Waals surface area contributed by atoms with Crippen LogP contribution < -0.4 is 5.43 Å². The van der Waals surface area contributed by atoms with Crippen LogP contribution in [-0.2, 0) is 10.2 Å². The summed E-state index contributed by atoms with van der Waals surface area (Å²) in [4.78, 5) is 26.5. The van der Waals surface area contributed by atoms with Crippen molar-refractivity contribution in [1.29, 1.82) is 0 Å². The Morgan fingerprint density at radius 1 is 0.967 bits per heavy atom. The topological polar surface area (TPSA) is 67.5 Å². The molecule has 0 radical (unpaired) electrons. The van der Waals surface area contributed by atoms with E-state index in [1.54, 1.807) is 0 Å². The van der Waals surface area contributed by atoms with Crippen LogP contribution in [0.5, 0.6) is 0 Å². The zero-order valence-electron chi connectivity index (χ0n) is 17.8. The van der Waals surface area contributed by atoms with Crippen LogP contribution in [-0.4, -0.2) is 10.9 Å². The molecule has 1 aromatic heterocycles. The predicted octanol–water partition coefficient (Wildman–Crippen LogP) is 6.09. The van der Waals surface area contributed by atoms with Crippen molar-refractivity contribution in [1.82, 2.24) is 0 Å². The van der Waals surface area contributed by atoms with E-state index in [2.05, 4.69) is 0 Å². The molecule has 4 heteroatoms. The minimum atomic E-state index is -0.942. The Morgan fingerprint density at radius 2 is 1.63 bits per heavy atom. The van der Waals surface area contributed by atoms with Gasteiger partial charge in [-0.1, -0.05) is 57.2 Å². The number of Topliss-reactive ketones (excluding diaryl/α,β-unsaturated/α-hetero) is 1. The number of hydrogen-bond donors (Lipinski definition) is 1. The van der Waals surface area contributed by atoms with Gasteiger partial charge in [-0.25, -0.2) is 0 Å². The highest BCUT2D eigenvalue weighted by molar-refractivity contribution is 6.10. The van der Waals surface area contributed by atoms with Crippen molar-refractivity contribution >= 4 is 22.3 Å². The quantitative estimate of drug-likeness (QED) is 0.573. The van der Waals surface area contributed by atoms with Gasteiger partial charge in [-0.15, -0.1) is 0 Å². The van der Waals surface area contributed by atoms with E-state index in [0.29, 0.717) is 36.4 Å². The van der Waals surface area contributed by atoms with E-state index < -0.39 is 5.41 Å². The van der Waals surface area contributed by atoms with Crippen LogP contribution in [0.3, 0.4) is 0 Å². The number of rotatable bonds is 4. The second-order valence-corrected chi connectivity index (χ2v) is 7.95. The van der Waals surface area contributed by atoms with Crippen LogP contribution >= 0.6 is 0 Å². The molecule has 0 saturated carbocycles. The zero-order chi connectivity index (χ0) is 21.6. The van der Waals surface area contributed by atoms with E-state index in [1.807, 2.05) is 64.1 Å². The first kappa shape index (κ1) is 20.1. The van der Waals surface area contributed by atoms with Crippen LogP contribution in [0.2, 0.25) is 0 Å². The summed E-state index contributed by atoms with van der Waals surface area (Å²) in [5.74, 6) is 0.333. The lowest BCUT2D eigenvalue weighted by Crippen LogP contribution is -2.41. The lowest BCUT2D eigenvalue weighted by molar-refractivity contribution is -0.122. The van der Waals surface area contributed by atoms with Crippen molar-refractivity contribution in [3.8, 4) is 11.3 Å². The first-order valence-corrected chi connectivity index (χ1v) is 10.5. The molecule has 0 amide bonds. The molecule has 0 spiro atoms. The average molecular weight is 402 g/mol. The molecule has 0 saturated heterocycles. The molecule has 1 N–H and O–H groups in total. The fourth-order valence-electron chi connectivity index (χ4n) is 4.72. The summed E-state index contributed by atoms with van der Waals surface area (Å²) in [5, 5.41) is 12.8. The van der Waals surface area contributed by atoms with Gasteiger partial charge in [-0.2, -0.15) is 0 Å². The van der Waals surface area contributed by atoms with Gasteiger partial charge in [0.05, 0.1) is 5.41 Å². The average Bonchev–Trinajstić information content (AvgIpc) is 2.75. The summed E-state index contributed by atoms with van der Waals surface area (Å²) in [6.45, 7) is 7.71. The van der Waals surface area contributed by atoms with E-state index in [0.717, 1.165) is 21.9 Å². The molecule has 4 rings (SSSR count). The van der Waals surface area contributed by atoms with Gasteiger partial charge in [0.2, 0.25) is 0 Å². The summed E-state index contributed by atoms with van der Waals surface area (Å²) < 4.78 is 6.33. The van der Waals surface area contributed by atoms with Crippen LogP contribution in [0, 0.1) is 6.92 Å². The third-order valence-corrected chi connectivity index (χ3v) is 6.58. The van der Waals surface area contributed by atoms with Gasteiger partial charge in [0.15, 0.2) is 11.2 Å². The summed E-state index contributed by atoms with van der Waals surface area (Å²) >= 11 is 0. The molecule has 0 fully saturated rings. The number of aliphatic hydroxyl groups excluding tert-OH is 1. The number of allylic oxidation sites excluding steroid dienone is 1. The van der Waals surface area contributed by atoms with Crippen LogP contribution in [0.4, 0.5) is 0 Å². The molecular formula is C26H26O4. The van der Waals surface area contributed by atoms with Crippen molar-refractivity contribution in [2.75, 3.05) is 0 Å². The lowest BCUT2D eigenvalue weighted by atomic mass is 9.68. The Bertz CT molecular complexity index is 1260. The molecule has 2 aromatic carbocycles. The van der Waals surface area contributed by atoms with Gasteiger partial charge in [0.25, 0.3) is 0 Å². The van der Waals surface area contributed by atoms with Gasteiger partial charge < -0.3 is 9.52 Å². The molecule has 30 heavy (non-hydrogen) atoms. The van der Waals surface area contributed by atoms with Gasteiger partial charge in [0, 0.05) is 17.2 Å². The standard InChI is InChI=1S/C26H26O4/c1-5-16-23(28)22-20(27)14-21(30-25(22)26(6-2,7-3)24(16)29)19-13-12-15(4)17-10-8-9-11-18(17)19/h8-14,28H,5-7H2,1-4H3. The van der Waals surface area contributed by atoms with Crippen LogP contribution in [0.15, 0.2) is 57.2 Å². The van der Waals surface area contributed by atoms with Crippen molar-refractivity contribution in [3.05, 3.63) is 75.1 Å². The molecular weight excluding hydrogens is 376 g/mol. The fraction of sp³-hybridized carbons (Fsp3) is 0.308. The van der Waals surface area contributed by atoms with Gasteiger partial charge in [-0.3, -0.25) is 9.59 Å². The molecule has 0 bridgehead atoms. The molecule has 3 aromatic rings. The van der Waals surface area contributed by atoms with Gasteiger partial charge in [-0.05, 0) is 42.5 Å². The van der Waals surface area contributed by atoms with Crippen molar-refractivity contribution in [2.24, 2.45) is 0 Å². The highest BCUT2D eigenvalue weighted by atomic mass is 16.3. The molecule has 154 valence electrons. The molecule has 1 aliphatic carbocycles. The van der Waals surface area contributed by atoms with E-state index in [1.165, 1.54) is 6.07 Å². The molecule has 0 unspecified atom stereocenters. The summed E-state index contributed by atoms with van der Waals surface area (Å²) in [7, 11) is 0. The first-order chi connectivity index (χ1) is 14.4. The zero-order valence-corrected chi connectivity index (χ0v) is 17.8. The number of carbonyl (C=O) groups excluding carboxylic acids is 1. The van der Waals surface area contributed by atoms with Crippen molar-refractivity contribution in [3.63, 3.8) is 0 Å². The highest BCUT2D eigenvalue weighted by Crippen LogP contribution is 2.45. The Hall–Kier alpha value is -3.14. The number of aliphatic hydroxyl groups is 1. The highest BCUT2D eigenvalue weighted by Gasteiger charge is 2.48. The summed E-state index contributed by atoms with van der Waals surface area (Å²) in [5.41, 5.74) is 1.12. The van der Waals surface area contributed by atoms with Crippen LogP contribution in [0.25, 0.3) is 27.9 Å². The number of fused-ring (bicyclic) bond motifs is 2. The number of aryl methyl sites for hydroxylation is 1. The Balaban J connectivity index is 2.09. The normalized spacial score (nSPS) is 15.5. The van der Waals surface area contributed by atoms with E-state index in [9.17, 15) is 14.7 Å². The Morgan fingerprint density at radius 3 is 2.27 bits per heavy atom.